The maximum absolute atomic E-state index is 12.7. The molecule has 3 rings (SSSR count). The summed E-state index contributed by atoms with van der Waals surface area (Å²) in [6.45, 7) is 1.93. The largest absolute Gasteiger partial charge is 0.394 e. The van der Waals surface area contributed by atoms with Gasteiger partial charge in [0.2, 0.25) is 0 Å². The second-order valence-corrected chi connectivity index (χ2v) is 6.12. The first kappa shape index (κ1) is 14.1. The van der Waals surface area contributed by atoms with Crippen LogP contribution in [0.4, 0.5) is 0 Å². The third-order valence-electron chi connectivity index (χ3n) is 4.61. The van der Waals surface area contributed by atoms with Crippen LogP contribution in [0.2, 0.25) is 0 Å². The third kappa shape index (κ3) is 2.56. The summed E-state index contributed by atoms with van der Waals surface area (Å²) in [5.41, 5.74) is 2.10. The van der Waals surface area contributed by atoms with Crippen molar-refractivity contribution in [3.05, 3.63) is 35.5 Å². The zero-order valence-corrected chi connectivity index (χ0v) is 12.4. The van der Waals surface area contributed by atoms with Crippen LogP contribution in [-0.4, -0.2) is 28.1 Å². The van der Waals surface area contributed by atoms with E-state index >= 15 is 0 Å². The molecule has 1 heterocycles. The van der Waals surface area contributed by atoms with E-state index in [0.717, 1.165) is 42.3 Å². The number of aryl methyl sites for hydroxylation is 1. The lowest BCUT2D eigenvalue weighted by Gasteiger charge is -2.36. The van der Waals surface area contributed by atoms with E-state index in [1.54, 1.807) is 0 Å². The molecular weight excluding hydrogens is 264 g/mol. The summed E-state index contributed by atoms with van der Waals surface area (Å²) in [4.78, 5) is 16.0. The van der Waals surface area contributed by atoms with Crippen molar-refractivity contribution in [1.29, 1.82) is 0 Å². The molecule has 21 heavy (non-hydrogen) atoms. The maximum atomic E-state index is 12.7. The van der Waals surface area contributed by atoms with Crippen molar-refractivity contribution in [3.63, 3.8) is 0 Å². The zero-order valence-electron chi connectivity index (χ0n) is 12.4. The molecule has 1 saturated carbocycles. The molecule has 0 radical (unpaired) electrons. The van der Waals surface area contributed by atoms with Crippen LogP contribution in [-0.2, 0) is 0 Å². The zero-order chi connectivity index (χ0) is 14.9. The van der Waals surface area contributed by atoms with Crippen LogP contribution in [0.1, 0.15) is 48.2 Å². The van der Waals surface area contributed by atoms with E-state index in [9.17, 15) is 9.90 Å². The van der Waals surface area contributed by atoms with Gasteiger partial charge in [-0.15, -0.1) is 0 Å². The molecule has 1 aliphatic rings. The topological polar surface area (TPSA) is 65.1 Å². The fourth-order valence-electron chi connectivity index (χ4n) is 3.42. The number of hydrogen-bond acceptors (Lipinski definition) is 2. The number of fused-ring (bicyclic) bond motifs is 1. The monoisotopic (exact) mass is 286 g/mol. The molecule has 0 unspecified atom stereocenters. The van der Waals surface area contributed by atoms with E-state index in [4.69, 9.17) is 0 Å². The van der Waals surface area contributed by atoms with E-state index in [2.05, 4.69) is 10.3 Å². The van der Waals surface area contributed by atoms with Gasteiger partial charge < -0.3 is 15.4 Å². The predicted molar refractivity (Wildman–Crippen MR) is 83.4 cm³/mol. The van der Waals surface area contributed by atoms with E-state index < -0.39 is 5.54 Å². The van der Waals surface area contributed by atoms with Gasteiger partial charge in [0, 0.05) is 16.6 Å². The minimum Gasteiger partial charge on any atom is -0.394 e. The Labute approximate surface area is 124 Å². The SMILES string of the molecule is Cc1[nH]c2ccccc2c1C(=O)NC1(CO)CCCCC1. The first-order chi connectivity index (χ1) is 10.2. The molecule has 2 aromatic rings. The summed E-state index contributed by atoms with van der Waals surface area (Å²) in [5.74, 6) is -0.0825. The highest BCUT2D eigenvalue weighted by Gasteiger charge is 2.34. The quantitative estimate of drug-likeness (QED) is 0.812. The summed E-state index contributed by atoms with van der Waals surface area (Å²) in [6.07, 6.45) is 5.03. The van der Waals surface area contributed by atoms with Gasteiger partial charge in [-0.25, -0.2) is 0 Å². The predicted octanol–water partition coefficient (Wildman–Crippen LogP) is 2.90. The lowest BCUT2D eigenvalue weighted by Crippen LogP contribution is -2.52. The van der Waals surface area contributed by atoms with E-state index in [0.29, 0.717) is 5.56 Å². The molecule has 1 amide bonds. The van der Waals surface area contributed by atoms with Gasteiger partial charge in [0.1, 0.15) is 0 Å². The highest BCUT2D eigenvalue weighted by atomic mass is 16.3. The molecule has 1 fully saturated rings. The van der Waals surface area contributed by atoms with Gasteiger partial charge >= 0.3 is 0 Å². The molecule has 1 aliphatic carbocycles. The minimum atomic E-state index is -0.444. The first-order valence-electron chi connectivity index (χ1n) is 7.66. The second kappa shape index (κ2) is 5.53. The Balaban J connectivity index is 1.91. The Morgan fingerprint density at radius 1 is 1.29 bits per heavy atom. The molecule has 1 aromatic carbocycles. The van der Waals surface area contributed by atoms with Crippen LogP contribution in [0.25, 0.3) is 10.9 Å². The van der Waals surface area contributed by atoms with Crippen LogP contribution in [0.5, 0.6) is 0 Å². The Morgan fingerprint density at radius 2 is 2.00 bits per heavy atom. The number of aromatic amines is 1. The van der Waals surface area contributed by atoms with Gasteiger partial charge in [-0.2, -0.15) is 0 Å². The number of rotatable bonds is 3. The Hall–Kier alpha value is -1.81. The molecular formula is C17H22N2O2. The number of aliphatic hydroxyl groups is 1. The van der Waals surface area contributed by atoms with Crippen molar-refractivity contribution in [2.75, 3.05) is 6.61 Å². The van der Waals surface area contributed by atoms with Crippen LogP contribution < -0.4 is 5.32 Å². The average Bonchev–Trinajstić information content (AvgIpc) is 2.84. The van der Waals surface area contributed by atoms with E-state index in [-0.39, 0.29) is 12.5 Å². The smallest absolute Gasteiger partial charge is 0.254 e. The van der Waals surface area contributed by atoms with Crippen LogP contribution in [0.15, 0.2) is 24.3 Å². The molecule has 0 aliphatic heterocycles. The summed E-state index contributed by atoms with van der Waals surface area (Å²) in [6, 6.07) is 7.83. The Kier molecular flexibility index (Phi) is 3.72. The number of benzene rings is 1. The van der Waals surface area contributed by atoms with Crippen molar-refractivity contribution in [3.8, 4) is 0 Å². The molecule has 4 nitrogen and oxygen atoms in total. The van der Waals surface area contributed by atoms with Crippen LogP contribution in [0, 0.1) is 6.92 Å². The lowest BCUT2D eigenvalue weighted by molar-refractivity contribution is 0.0759. The number of aromatic nitrogens is 1. The number of hydrogen-bond donors (Lipinski definition) is 3. The summed E-state index contributed by atoms with van der Waals surface area (Å²) < 4.78 is 0. The maximum Gasteiger partial charge on any atom is 0.254 e. The highest BCUT2D eigenvalue weighted by molar-refractivity contribution is 6.08. The Bertz CT molecular complexity index is 654. The molecule has 0 atom stereocenters. The van der Waals surface area contributed by atoms with Crippen molar-refractivity contribution in [2.24, 2.45) is 0 Å². The highest BCUT2D eigenvalue weighted by Crippen LogP contribution is 2.29. The van der Waals surface area contributed by atoms with Crippen LogP contribution in [0.3, 0.4) is 0 Å². The van der Waals surface area contributed by atoms with Crippen molar-refractivity contribution >= 4 is 16.8 Å². The van der Waals surface area contributed by atoms with Crippen molar-refractivity contribution in [2.45, 2.75) is 44.6 Å². The number of nitrogens with one attached hydrogen (secondary N) is 2. The molecule has 0 saturated heterocycles. The van der Waals surface area contributed by atoms with Gasteiger partial charge in [0.15, 0.2) is 0 Å². The third-order valence-corrected chi connectivity index (χ3v) is 4.61. The number of carbonyl (C=O) groups is 1. The number of carbonyl (C=O) groups excluding carboxylic acids is 1. The molecule has 112 valence electrons. The summed E-state index contributed by atoms with van der Waals surface area (Å²) >= 11 is 0. The fourth-order valence-corrected chi connectivity index (χ4v) is 3.42. The molecule has 4 heteroatoms. The number of amides is 1. The Morgan fingerprint density at radius 3 is 2.71 bits per heavy atom. The first-order valence-corrected chi connectivity index (χ1v) is 7.66. The van der Waals surface area contributed by atoms with Gasteiger partial charge in [-0.3, -0.25) is 4.79 Å². The van der Waals surface area contributed by atoms with Gasteiger partial charge in [0.05, 0.1) is 17.7 Å². The van der Waals surface area contributed by atoms with E-state index in [1.165, 1.54) is 6.42 Å². The molecule has 0 bridgehead atoms. The van der Waals surface area contributed by atoms with Gasteiger partial charge in [-0.1, -0.05) is 37.5 Å². The van der Waals surface area contributed by atoms with Crippen LogP contribution >= 0.6 is 0 Å². The van der Waals surface area contributed by atoms with Gasteiger partial charge in [0.25, 0.3) is 5.91 Å². The van der Waals surface area contributed by atoms with Crippen molar-refractivity contribution in [1.82, 2.24) is 10.3 Å². The summed E-state index contributed by atoms with van der Waals surface area (Å²) in [7, 11) is 0. The second-order valence-electron chi connectivity index (χ2n) is 6.12. The number of para-hydroxylation sites is 1. The average molecular weight is 286 g/mol. The lowest BCUT2D eigenvalue weighted by atomic mass is 9.82. The van der Waals surface area contributed by atoms with Gasteiger partial charge in [-0.05, 0) is 25.8 Å². The number of H-pyrrole nitrogens is 1. The van der Waals surface area contributed by atoms with Crippen molar-refractivity contribution < 1.29 is 9.90 Å². The van der Waals surface area contributed by atoms with E-state index in [1.807, 2.05) is 31.2 Å². The summed E-state index contributed by atoms with van der Waals surface area (Å²) in [5, 5.41) is 13.8. The minimum absolute atomic E-state index is 0.0140. The standard InChI is InChI=1S/C17H22N2O2/c1-12-15(13-7-3-4-8-14(13)18-12)16(21)19-17(11-20)9-5-2-6-10-17/h3-4,7-8,18,20H,2,5-6,9-11H2,1H3,(H,19,21). The molecule has 1 aromatic heterocycles. The number of aliphatic hydroxyl groups excluding tert-OH is 1. The normalized spacial score (nSPS) is 17.8. The molecule has 3 N–H and O–H groups in total. The molecule has 0 spiro atoms. The fraction of sp³-hybridized carbons (Fsp3) is 0.471.